The summed E-state index contributed by atoms with van der Waals surface area (Å²) in [4.78, 5) is 14.6. The molecule has 2 atom stereocenters. The van der Waals surface area contributed by atoms with Crippen molar-refractivity contribution in [2.75, 3.05) is 20.2 Å². The third-order valence-corrected chi connectivity index (χ3v) is 5.15. The predicted octanol–water partition coefficient (Wildman–Crippen LogP) is 3.50. The Bertz CT molecular complexity index is 765. The predicted molar refractivity (Wildman–Crippen MR) is 104 cm³/mol. The maximum Gasteiger partial charge on any atom is 0.223 e. The lowest BCUT2D eigenvalue weighted by atomic mass is 10.0. The second kappa shape index (κ2) is 9.64. The van der Waals surface area contributed by atoms with Crippen molar-refractivity contribution >= 4 is 5.91 Å². The van der Waals surface area contributed by atoms with E-state index in [1.54, 1.807) is 24.1 Å². The zero-order chi connectivity index (χ0) is 19.9. The van der Waals surface area contributed by atoms with Gasteiger partial charge in [0, 0.05) is 19.5 Å². The van der Waals surface area contributed by atoms with Crippen LogP contribution in [0.2, 0.25) is 0 Å². The Morgan fingerprint density at radius 1 is 1.14 bits per heavy atom. The van der Waals surface area contributed by atoms with Crippen molar-refractivity contribution in [3.8, 4) is 5.75 Å². The first kappa shape index (κ1) is 20.3. The van der Waals surface area contributed by atoms with Crippen LogP contribution in [-0.2, 0) is 17.8 Å². The fraction of sp³-hybridized carbons (Fsp3) is 0.409. The highest BCUT2D eigenvalue weighted by Crippen LogP contribution is 2.21. The number of hydrogen-bond donors (Lipinski definition) is 1. The second-order valence-corrected chi connectivity index (χ2v) is 7.07. The van der Waals surface area contributed by atoms with Gasteiger partial charge in [-0.05, 0) is 54.8 Å². The molecule has 0 unspecified atom stereocenters. The van der Waals surface area contributed by atoms with E-state index < -0.39 is 12.2 Å². The summed E-state index contributed by atoms with van der Waals surface area (Å²) in [5.74, 6) is 0.351. The van der Waals surface area contributed by atoms with Gasteiger partial charge in [0.2, 0.25) is 5.91 Å². The quantitative estimate of drug-likeness (QED) is 0.789. The monoisotopic (exact) mass is 388 g/mol. The molecule has 0 spiro atoms. The second-order valence-electron chi connectivity index (χ2n) is 7.07. The van der Waals surface area contributed by atoms with Crippen LogP contribution in [0.1, 0.15) is 24.0 Å². The summed E-state index contributed by atoms with van der Waals surface area (Å²) in [5, 5.41) is 3.02. The van der Waals surface area contributed by atoms with Crippen molar-refractivity contribution in [1.29, 1.82) is 0 Å². The minimum Gasteiger partial charge on any atom is -0.497 e. The van der Waals surface area contributed by atoms with Gasteiger partial charge in [-0.25, -0.2) is 8.78 Å². The van der Waals surface area contributed by atoms with Gasteiger partial charge >= 0.3 is 0 Å². The molecule has 1 aliphatic heterocycles. The lowest BCUT2D eigenvalue weighted by Crippen LogP contribution is -2.52. The fourth-order valence-corrected chi connectivity index (χ4v) is 3.52. The Labute approximate surface area is 164 Å². The number of hydrogen-bond acceptors (Lipinski definition) is 3. The zero-order valence-corrected chi connectivity index (χ0v) is 16.0. The van der Waals surface area contributed by atoms with E-state index in [1.807, 2.05) is 24.3 Å². The van der Waals surface area contributed by atoms with Crippen LogP contribution in [0, 0.1) is 5.82 Å². The number of rotatable bonds is 7. The Morgan fingerprint density at radius 2 is 1.82 bits per heavy atom. The van der Waals surface area contributed by atoms with E-state index in [4.69, 9.17) is 4.74 Å². The molecule has 0 aromatic heterocycles. The number of piperidine rings is 1. The molecule has 1 saturated heterocycles. The van der Waals surface area contributed by atoms with Gasteiger partial charge < -0.3 is 15.0 Å². The molecule has 0 radical (unpaired) electrons. The maximum atomic E-state index is 14.5. The fourth-order valence-electron chi connectivity index (χ4n) is 3.52. The van der Waals surface area contributed by atoms with E-state index in [1.165, 1.54) is 12.1 Å². The molecule has 0 bridgehead atoms. The van der Waals surface area contributed by atoms with Crippen LogP contribution in [0.4, 0.5) is 8.78 Å². The average Bonchev–Trinajstić information content (AvgIpc) is 2.72. The molecule has 1 heterocycles. The van der Waals surface area contributed by atoms with E-state index in [9.17, 15) is 13.6 Å². The number of aryl methyl sites for hydroxylation is 1. The first-order valence-electron chi connectivity index (χ1n) is 9.58. The summed E-state index contributed by atoms with van der Waals surface area (Å²) >= 11 is 0. The molecule has 1 aliphatic rings. The van der Waals surface area contributed by atoms with Crippen molar-refractivity contribution in [2.45, 2.75) is 38.0 Å². The van der Waals surface area contributed by atoms with Gasteiger partial charge in [0.1, 0.15) is 17.7 Å². The minimum absolute atomic E-state index is 0.0882. The number of methoxy groups -OCH3 is 1. The smallest absolute Gasteiger partial charge is 0.223 e. The van der Waals surface area contributed by atoms with Gasteiger partial charge in [0.05, 0.1) is 13.2 Å². The normalized spacial score (nSPS) is 19.2. The number of nitrogens with one attached hydrogen (secondary N) is 1. The molecule has 2 aromatic carbocycles. The minimum atomic E-state index is -1.11. The molecule has 4 nitrogen and oxygen atoms in total. The molecule has 1 fully saturated rings. The third kappa shape index (κ3) is 5.29. The van der Waals surface area contributed by atoms with Crippen molar-refractivity contribution in [3.63, 3.8) is 0 Å². The Morgan fingerprint density at radius 3 is 2.46 bits per heavy atom. The largest absolute Gasteiger partial charge is 0.497 e. The van der Waals surface area contributed by atoms with Gasteiger partial charge in [-0.2, -0.15) is 0 Å². The SMILES string of the molecule is COc1ccc(CCC(=O)N(Cc2ccc(F)cc2)[C@@H]2CCNC[C@@H]2F)cc1. The lowest BCUT2D eigenvalue weighted by molar-refractivity contribution is -0.136. The molecular formula is C22H26F2N2O2. The number of benzene rings is 2. The van der Waals surface area contributed by atoms with Gasteiger partial charge in [-0.15, -0.1) is 0 Å². The summed E-state index contributed by atoms with van der Waals surface area (Å²) in [6, 6.07) is 13.1. The van der Waals surface area contributed by atoms with Crippen molar-refractivity contribution in [2.24, 2.45) is 0 Å². The van der Waals surface area contributed by atoms with Gasteiger partial charge in [-0.1, -0.05) is 24.3 Å². The Kier molecular flexibility index (Phi) is 6.98. The summed E-state index contributed by atoms with van der Waals surface area (Å²) in [6.45, 7) is 1.21. The van der Waals surface area contributed by atoms with E-state index in [0.717, 1.165) is 16.9 Å². The number of amides is 1. The topological polar surface area (TPSA) is 41.6 Å². The lowest BCUT2D eigenvalue weighted by Gasteiger charge is -2.37. The molecule has 0 saturated carbocycles. The molecule has 2 aromatic rings. The zero-order valence-electron chi connectivity index (χ0n) is 16.0. The highest BCUT2D eigenvalue weighted by Gasteiger charge is 2.32. The molecule has 1 N–H and O–H groups in total. The van der Waals surface area contributed by atoms with Crippen molar-refractivity contribution in [1.82, 2.24) is 10.2 Å². The number of ether oxygens (including phenoxy) is 1. The van der Waals surface area contributed by atoms with Crippen LogP contribution in [0.15, 0.2) is 48.5 Å². The first-order valence-corrected chi connectivity index (χ1v) is 9.58. The highest BCUT2D eigenvalue weighted by atomic mass is 19.1. The van der Waals surface area contributed by atoms with E-state index in [-0.39, 0.29) is 24.8 Å². The van der Waals surface area contributed by atoms with Crippen molar-refractivity contribution < 1.29 is 18.3 Å². The van der Waals surface area contributed by atoms with E-state index >= 15 is 0 Å². The first-order chi connectivity index (χ1) is 13.6. The third-order valence-electron chi connectivity index (χ3n) is 5.15. The maximum absolute atomic E-state index is 14.5. The van der Waals surface area contributed by atoms with E-state index in [2.05, 4.69) is 5.32 Å². The molecule has 1 amide bonds. The van der Waals surface area contributed by atoms with Crippen LogP contribution in [0.25, 0.3) is 0 Å². The molecule has 28 heavy (non-hydrogen) atoms. The van der Waals surface area contributed by atoms with Gasteiger partial charge in [0.15, 0.2) is 0 Å². The number of alkyl halides is 1. The summed E-state index contributed by atoms with van der Waals surface area (Å²) in [6.07, 6.45) is 0.324. The van der Waals surface area contributed by atoms with E-state index in [0.29, 0.717) is 25.8 Å². The highest BCUT2D eigenvalue weighted by molar-refractivity contribution is 5.77. The van der Waals surface area contributed by atoms with Crippen LogP contribution in [0.5, 0.6) is 5.75 Å². The number of carbonyl (C=O) groups is 1. The van der Waals surface area contributed by atoms with Gasteiger partial charge in [-0.3, -0.25) is 4.79 Å². The van der Waals surface area contributed by atoms with Crippen molar-refractivity contribution in [3.05, 3.63) is 65.5 Å². The summed E-state index contributed by atoms with van der Waals surface area (Å²) < 4.78 is 32.9. The molecule has 0 aliphatic carbocycles. The van der Waals surface area contributed by atoms with Crippen LogP contribution in [0.3, 0.4) is 0 Å². The number of halogens is 2. The Hall–Kier alpha value is -2.47. The molecule has 6 heteroatoms. The average molecular weight is 388 g/mol. The van der Waals surface area contributed by atoms with Crippen LogP contribution >= 0.6 is 0 Å². The molecule has 3 rings (SSSR count). The number of nitrogens with zero attached hydrogens (tertiary/aromatic N) is 1. The Balaban J connectivity index is 1.70. The molecular weight excluding hydrogens is 362 g/mol. The van der Waals surface area contributed by atoms with Crippen LogP contribution < -0.4 is 10.1 Å². The number of carbonyl (C=O) groups excluding carboxylic acids is 1. The standard InChI is InChI=1S/C22H26F2N2O2/c1-28-19-9-4-16(5-10-19)6-11-22(27)26(21-12-13-25-14-20(21)24)15-17-2-7-18(23)8-3-17/h2-5,7-10,20-21,25H,6,11-15H2,1H3/t20-,21+/m0/s1. The van der Waals surface area contributed by atoms with Crippen LogP contribution in [-0.4, -0.2) is 43.2 Å². The summed E-state index contributed by atoms with van der Waals surface area (Å²) in [5.41, 5.74) is 1.82. The van der Waals surface area contributed by atoms with Gasteiger partial charge in [0.25, 0.3) is 0 Å². The molecule has 150 valence electrons. The summed E-state index contributed by atoms with van der Waals surface area (Å²) in [7, 11) is 1.61.